The Bertz CT molecular complexity index is 436. The molecule has 4 nitrogen and oxygen atoms in total. The van der Waals surface area contributed by atoms with Crippen molar-refractivity contribution in [1.29, 1.82) is 0 Å². The zero-order valence-electron chi connectivity index (χ0n) is 10.1. The molecule has 1 aromatic carbocycles. The van der Waals surface area contributed by atoms with Gasteiger partial charge < -0.3 is 16.2 Å². The second-order valence-electron chi connectivity index (χ2n) is 4.01. The number of nitrogens with one attached hydrogen (secondary N) is 1. The van der Waals surface area contributed by atoms with Crippen LogP contribution in [0.25, 0.3) is 0 Å². The summed E-state index contributed by atoms with van der Waals surface area (Å²) < 4.78 is 37.5. The van der Waals surface area contributed by atoms with Crippen LogP contribution in [0.15, 0.2) is 24.3 Å². The zero-order chi connectivity index (χ0) is 14.5. The van der Waals surface area contributed by atoms with Crippen molar-refractivity contribution in [2.24, 2.45) is 5.73 Å². The quantitative estimate of drug-likeness (QED) is 0.775. The first-order chi connectivity index (χ1) is 8.84. The predicted octanol–water partition coefficient (Wildman–Crippen LogP) is 1.84. The zero-order valence-corrected chi connectivity index (χ0v) is 10.1. The minimum atomic E-state index is -4.44. The van der Waals surface area contributed by atoms with Gasteiger partial charge in [-0.05, 0) is 17.7 Å². The average molecular weight is 292 g/mol. The number of hydrogen-bond donors (Lipinski definition) is 3. The third kappa shape index (κ3) is 5.58. The number of nitrogens with two attached hydrogens (primary N) is 1. The fourth-order valence-electron chi connectivity index (χ4n) is 1.53. The van der Waals surface area contributed by atoms with Crippen molar-refractivity contribution in [3.63, 3.8) is 0 Å². The standard InChI is InChI=1S/C12H15F3N2O2.CH4/c13-12(14,15)9-3-1-2-8(6-9)10(16)7-11(19)17-4-5-18;/h1-3,6,10,18H,4-5,7,16H2,(H,17,19);1H4/t10-;/m0./s1. The van der Waals surface area contributed by atoms with E-state index >= 15 is 0 Å². The number of rotatable bonds is 5. The third-order valence-corrected chi connectivity index (χ3v) is 2.48. The van der Waals surface area contributed by atoms with Gasteiger partial charge in [0.25, 0.3) is 0 Å². The monoisotopic (exact) mass is 292 g/mol. The van der Waals surface area contributed by atoms with Gasteiger partial charge in [-0.3, -0.25) is 4.79 Å². The first-order valence-corrected chi connectivity index (χ1v) is 5.65. The molecule has 0 spiro atoms. The van der Waals surface area contributed by atoms with Gasteiger partial charge in [-0.1, -0.05) is 19.6 Å². The Kier molecular flexibility index (Phi) is 7.23. The van der Waals surface area contributed by atoms with Crippen LogP contribution in [0, 0.1) is 0 Å². The highest BCUT2D eigenvalue weighted by atomic mass is 19.4. The molecule has 4 N–H and O–H groups in total. The van der Waals surface area contributed by atoms with E-state index in [9.17, 15) is 18.0 Å². The maximum atomic E-state index is 12.5. The van der Waals surface area contributed by atoms with Crippen LogP contribution in [0.4, 0.5) is 13.2 Å². The van der Waals surface area contributed by atoms with E-state index in [-0.39, 0.29) is 32.6 Å². The highest BCUT2D eigenvalue weighted by Gasteiger charge is 2.30. The van der Waals surface area contributed by atoms with Crippen LogP contribution in [0.5, 0.6) is 0 Å². The topological polar surface area (TPSA) is 75.4 Å². The summed E-state index contributed by atoms with van der Waals surface area (Å²) in [5.74, 6) is -0.418. The molecule has 0 bridgehead atoms. The highest BCUT2D eigenvalue weighted by molar-refractivity contribution is 5.76. The molecule has 1 rings (SSSR count). The number of halogens is 3. The average Bonchev–Trinajstić information content (AvgIpc) is 2.35. The minimum absolute atomic E-state index is 0. The smallest absolute Gasteiger partial charge is 0.395 e. The van der Waals surface area contributed by atoms with E-state index in [1.54, 1.807) is 0 Å². The molecule has 0 saturated heterocycles. The molecule has 0 aliphatic carbocycles. The van der Waals surface area contributed by atoms with Crippen molar-refractivity contribution in [1.82, 2.24) is 5.32 Å². The molecule has 0 fully saturated rings. The number of aliphatic hydroxyl groups is 1. The SMILES string of the molecule is C.N[C@@H](CC(=O)NCCO)c1cccc(C(F)(F)F)c1. The molecule has 7 heteroatoms. The maximum Gasteiger partial charge on any atom is 0.416 e. The molecule has 0 aliphatic rings. The summed E-state index contributed by atoms with van der Waals surface area (Å²) in [7, 11) is 0. The van der Waals surface area contributed by atoms with Gasteiger partial charge in [0.2, 0.25) is 5.91 Å². The van der Waals surface area contributed by atoms with E-state index in [1.807, 2.05) is 0 Å². The molecule has 1 aromatic rings. The van der Waals surface area contributed by atoms with Gasteiger partial charge in [0.15, 0.2) is 0 Å². The number of amides is 1. The van der Waals surface area contributed by atoms with Gasteiger partial charge in [0.05, 0.1) is 12.2 Å². The van der Waals surface area contributed by atoms with Gasteiger partial charge in [0, 0.05) is 19.0 Å². The molecule has 0 unspecified atom stereocenters. The van der Waals surface area contributed by atoms with Gasteiger partial charge in [-0.25, -0.2) is 0 Å². The first kappa shape index (κ1) is 18.4. The molecule has 1 amide bonds. The first-order valence-electron chi connectivity index (χ1n) is 5.65. The van der Waals surface area contributed by atoms with Crippen molar-refractivity contribution in [2.75, 3.05) is 13.2 Å². The van der Waals surface area contributed by atoms with Gasteiger partial charge in [-0.15, -0.1) is 0 Å². The second-order valence-corrected chi connectivity index (χ2v) is 4.01. The van der Waals surface area contributed by atoms with Crippen molar-refractivity contribution in [3.8, 4) is 0 Å². The molecular formula is C13H19F3N2O2. The summed E-state index contributed by atoms with van der Waals surface area (Å²) in [5.41, 5.74) is 5.14. The Hall–Kier alpha value is -1.60. The third-order valence-electron chi connectivity index (χ3n) is 2.48. The second kappa shape index (κ2) is 7.86. The molecule has 0 heterocycles. The van der Waals surface area contributed by atoms with Crippen LogP contribution < -0.4 is 11.1 Å². The number of carbonyl (C=O) groups is 1. The van der Waals surface area contributed by atoms with E-state index in [1.165, 1.54) is 12.1 Å². The Morgan fingerprint density at radius 3 is 2.60 bits per heavy atom. The number of alkyl halides is 3. The lowest BCUT2D eigenvalue weighted by molar-refractivity contribution is -0.137. The molecule has 114 valence electrons. The predicted molar refractivity (Wildman–Crippen MR) is 69.8 cm³/mol. The summed E-state index contributed by atoms with van der Waals surface area (Å²) in [6, 6.07) is 3.76. The summed E-state index contributed by atoms with van der Waals surface area (Å²) in [6.45, 7) is -0.112. The maximum absolute atomic E-state index is 12.5. The van der Waals surface area contributed by atoms with Gasteiger partial charge in [0.1, 0.15) is 0 Å². The number of carbonyl (C=O) groups excluding carboxylic acids is 1. The molecule has 0 radical (unpaired) electrons. The molecule has 0 saturated carbocycles. The summed E-state index contributed by atoms with van der Waals surface area (Å²) >= 11 is 0. The molecular weight excluding hydrogens is 273 g/mol. The van der Waals surface area contributed by atoms with E-state index in [4.69, 9.17) is 10.8 Å². The number of benzene rings is 1. The summed E-state index contributed by atoms with van der Waals surface area (Å²) in [6.07, 6.45) is -4.57. The molecule has 0 aliphatic heterocycles. The van der Waals surface area contributed by atoms with Crippen LogP contribution in [0.3, 0.4) is 0 Å². The van der Waals surface area contributed by atoms with Crippen molar-refractivity contribution in [3.05, 3.63) is 35.4 Å². The normalized spacial score (nSPS) is 12.4. The lowest BCUT2D eigenvalue weighted by atomic mass is 10.0. The van der Waals surface area contributed by atoms with Crippen LogP contribution in [0.2, 0.25) is 0 Å². The Morgan fingerprint density at radius 2 is 2.05 bits per heavy atom. The van der Waals surface area contributed by atoms with E-state index in [2.05, 4.69) is 5.32 Å². The minimum Gasteiger partial charge on any atom is -0.395 e. The number of aliphatic hydroxyl groups excluding tert-OH is 1. The summed E-state index contributed by atoms with van der Waals surface area (Å²) in [5, 5.41) is 10.9. The Labute approximate surface area is 115 Å². The van der Waals surface area contributed by atoms with Crippen LogP contribution in [0.1, 0.15) is 31.0 Å². The van der Waals surface area contributed by atoms with Crippen LogP contribution in [-0.2, 0) is 11.0 Å². The molecule has 1 atom stereocenters. The van der Waals surface area contributed by atoms with Crippen LogP contribution in [-0.4, -0.2) is 24.2 Å². The number of hydrogen-bond acceptors (Lipinski definition) is 3. The van der Waals surface area contributed by atoms with E-state index in [0.717, 1.165) is 12.1 Å². The van der Waals surface area contributed by atoms with E-state index in [0.29, 0.717) is 0 Å². The fraction of sp³-hybridized carbons (Fsp3) is 0.462. The summed E-state index contributed by atoms with van der Waals surface area (Å²) in [4.78, 5) is 11.3. The van der Waals surface area contributed by atoms with Crippen molar-refractivity contribution >= 4 is 5.91 Å². The highest BCUT2D eigenvalue weighted by Crippen LogP contribution is 2.30. The van der Waals surface area contributed by atoms with E-state index < -0.39 is 23.7 Å². The molecule has 0 aromatic heterocycles. The fourth-order valence-corrected chi connectivity index (χ4v) is 1.53. The van der Waals surface area contributed by atoms with Gasteiger partial charge in [-0.2, -0.15) is 13.2 Å². The lowest BCUT2D eigenvalue weighted by Crippen LogP contribution is -2.29. The van der Waals surface area contributed by atoms with Crippen molar-refractivity contribution in [2.45, 2.75) is 26.1 Å². The van der Waals surface area contributed by atoms with Gasteiger partial charge >= 0.3 is 6.18 Å². The van der Waals surface area contributed by atoms with Crippen molar-refractivity contribution < 1.29 is 23.1 Å². The Morgan fingerprint density at radius 1 is 1.40 bits per heavy atom. The Balaban J connectivity index is 0.00000361. The molecule has 20 heavy (non-hydrogen) atoms. The van der Waals surface area contributed by atoms with Crippen LogP contribution >= 0.6 is 0 Å². The largest absolute Gasteiger partial charge is 0.416 e. The lowest BCUT2D eigenvalue weighted by Gasteiger charge is -2.14.